The molecule has 4 rings (SSSR count). The fourth-order valence-electron chi connectivity index (χ4n) is 3.73. The first-order valence-electron chi connectivity index (χ1n) is 9.60. The van der Waals surface area contributed by atoms with Gasteiger partial charge in [0.25, 0.3) is 5.56 Å². The highest BCUT2D eigenvalue weighted by atomic mass is 16.2. The molecule has 0 aromatic heterocycles. The molecule has 0 fully saturated rings. The van der Waals surface area contributed by atoms with Crippen LogP contribution in [0.25, 0.3) is 22.6 Å². The van der Waals surface area contributed by atoms with E-state index in [9.17, 15) is 9.59 Å². The highest BCUT2D eigenvalue weighted by Crippen LogP contribution is 2.28. The molecule has 1 N–H and O–H groups in total. The van der Waals surface area contributed by atoms with Gasteiger partial charge in [-0.15, -0.1) is 0 Å². The molecule has 0 aliphatic carbocycles. The van der Waals surface area contributed by atoms with E-state index in [2.05, 4.69) is 27.1 Å². The maximum atomic E-state index is 12.4. The molecule has 0 saturated carbocycles. The summed E-state index contributed by atoms with van der Waals surface area (Å²) < 4.78 is 1.95. The third-order valence-electron chi connectivity index (χ3n) is 5.10. The summed E-state index contributed by atoms with van der Waals surface area (Å²) in [6.45, 7) is 2.64. The summed E-state index contributed by atoms with van der Waals surface area (Å²) in [5.74, 6) is 0.327. The van der Waals surface area contributed by atoms with Crippen LogP contribution in [-0.2, 0) is 13.0 Å². The van der Waals surface area contributed by atoms with Crippen LogP contribution < -0.4 is 16.1 Å². The number of hydrogen-bond acceptors (Lipinski definition) is 5. The Morgan fingerprint density at radius 1 is 1.07 bits per heavy atom. The van der Waals surface area contributed by atoms with Gasteiger partial charge in [0, 0.05) is 26.3 Å². The molecule has 29 heavy (non-hydrogen) atoms. The minimum absolute atomic E-state index is 0.189. The van der Waals surface area contributed by atoms with E-state index in [-0.39, 0.29) is 5.69 Å². The summed E-state index contributed by atoms with van der Waals surface area (Å²) in [6.07, 6.45) is 1.73. The second-order valence-corrected chi connectivity index (χ2v) is 7.42. The molecular weight excluding hydrogens is 366 g/mol. The largest absolute Gasteiger partial charge is 0.377 e. The van der Waals surface area contributed by atoms with Gasteiger partial charge in [-0.3, -0.25) is 9.78 Å². The van der Waals surface area contributed by atoms with Crippen molar-refractivity contribution in [1.29, 1.82) is 0 Å². The van der Waals surface area contributed by atoms with Crippen LogP contribution in [0.5, 0.6) is 0 Å². The van der Waals surface area contributed by atoms with Gasteiger partial charge in [0.2, 0.25) is 0 Å². The number of nitrogens with zero attached hydrogens (tertiary/aromatic N) is 4. The zero-order chi connectivity index (χ0) is 20.5. The standard InChI is InChI=1S/C22H23N5O2/c1-14-12-16-18(13-17(14)26(2)3)27(11-7-10-15-8-5-4-6-9-15)20-19(23-16)21(28)25-22(29)24-20/h4-6,8-9,12-13H,7,10-11H2,1-3H3,(H,25,28,29). The van der Waals surface area contributed by atoms with E-state index in [0.29, 0.717) is 17.9 Å². The minimum Gasteiger partial charge on any atom is -0.377 e. The van der Waals surface area contributed by atoms with Crippen molar-refractivity contribution in [3.8, 4) is 11.5 Å². The number of nitrogens with one attached hydrogen (secondary N) is 1. The first-order chi connectivity index (χ1) is 13.9. The van der Waals surface area contributed by atoms with Crippen molar-refractivity contribution >= 4 is 16.7 Å². The molecule has 7 heteroatoms. The number of aryl methyl sites for hydroxylation is 3. The molecule has 7 nitrogen and oxygen atoms in total. The molecule has 2 aliphatic heterocycles. The Kier molecular flexibility index (Phi) is 4.88. The molecule has 0 unspecified atom stereocenters. The quantitative estimate of drug-likeness (QED) is 0.531. The molecule has 2 heterocycles. The van der Waals surface area contributed by atoms with Gasteiger partial charge >= 0.3 is 5.69 Å². The van der Waals surface area contributed by atoms with Crippen LogP contribution in [0.1, 0.15) is 17.5 Å². The van der Waals surface area contributed by atoms with Crippen molar-refractivity contribution in [2.75, 3.05) is 19.0 Å². The SMILES string of the molecule is Cc1cc2nc3c(=O)[nH]c(=O)nc-3n(CCCc3ccccc3)c2cc1N(C)C. The lowest BCUT2D eigenvalue weighted by molar-refractivity contribution is 0.649. The second kappa shape index (κ2) is 7.50. The molecule has 0 atom stereocenters. The zero-order valence-electron chi connectivity index (χ0n) is 16.8. The van der Waals surface area contributed by atoms with E-state index in [1.807, 2.05) is 60.8 Å². The van der Waals surface area contributed by atoms with E-state index < -0.39 is 11.2 Å². The fraction of sp³-hybridized carbons (Fsp3) is 0.273. The summed E-state index contributed by atoms with van der Waals surface area (Å²) in [7, 11) is 3.97. The predicted molar refractivity (Wildman–Crippen MR) is 115 cm³/mol. The van der Waals surface area contributed by atoms with Gasteiger partial charge < -0.3 is 9.47 Å². The Morgan fingerprint density at radius 2 is 1.83 bits per heavy atom. The third-order valence-corrected chi connectivity index (χ3v) is 5.10. The van der Waals surface area contributed by atoms with Crippen LogP contribution in [0.2, 0.25) is 0 Å². The molecule has 2 aromatic carbocycles. The van der Waals surface area contributed by atoms with Gasteiger partial charge in [-0.05, 0) is 43.0 Å². The van der Waals surface area contributed by atoms with Crippen LogP contribution >= 0.6 is 0 Å². The van der Waals surface area contributed by atoms with Crippen molar-refractivity contribution in [2.24, 2.45) is 0 Å². The third kappa shape index (κ3) is 3.63. The Hall–Kier alpha value is -3.48. The highest BCUT2D eigenvalue weighted by Gasteiger charge is 2.19. The molecule has 2 aromatic rings. The molecule has 2 aliphatic rings. The van der Waals surface area contributed by atoms with Gasteiger partial charge in [-0.2, -0.15) is 4.98 Å². The predicted octanol–water partition coefficient (Wildman–Crippen LogP) is 2.59. The first kappa shape index (κ1) is 18.9. The van der Waals surface area contributed by atoms with E-state index in [1.165, 1.54) is 5.56 Å². The van der Waals surface area contributed by atoms with Crippen LogP contribution in [0, 0.1) is 6.92 Å². The average molecular weight is 389 g/mol. The van der Waals surface area contributed by atoms with Crippen molar-refractivity contribution in [2.45, 2.75) is 26.3 Å². The monoisotopic (exact) mass is 389 g/mol. The number of H-pyrrole nitrogens is 1. The average Bonchev–Trinajstić information content (AvgIpc) is 2.68. The lowest BCUT2D eigenvalue weighted by Gasteiger charge is -2.21. The number of anilines is 1. The number of aromatic nitrogens is 4. The summed E-state index contributed by atoms with van der Waals surface area (Å²) in [5, 5.41) is 0. The molecule has 0 amide bonds. The van der Waals surface area contributed by atoms with Crippen LogP contribution in [0.3, 0.4) is 0 Å². The van der Waals surface area contributed by atoms with Gasteiger partial charge in [-0.1, -0.05) is 30.3 Å². The van der Waals surface area contributed by atoms with E-state index in [4.69, 9.17) is 0 Å². The number of fused-ring (bicyclic) bond motifs is 2. The van der Waals surface area contributed by atoms with Crippen LogP contribution in [0.15, 0.2) is 52.1 Å². The number of aromatic amines is 1. The Bertz CT molecular complexity index is 1260. The normalized spacial score (nSPS) is 11.3. The molecule has 0 bridgehead atoms. The van der Waals surface area contributed by atoms with E-state index in [1.54, 1.807) is 0 Å². The molecule has 148 valence electrons. The molecule has 0 spiro atoms. The smallest absolute Gasteiger partial charge is 0.349 e. The Labute approximate surface area is 168 Å². The van der Waals surface area contributed by atoms with Gasteiger partial charge in [0.15, 0.2) is 11.5 Å². The Morgan fingerprint density at radius 3 is 2.55 bits per heavy atom. The van der Waals surface area contributed by atoms with E-state index >= 15 is 0 Å². The lowest BCUT2D eigenvalue weighted by Crippen LogP contribution is -2.29. The van der Waals surface area contributed by atoms with Crippen molar-refractivity contribution in [3.05, 3.63) is 74.4 Å². The zero-order valence-corrected chi connectivity index (χ0v) is 16.8. The summed E-state index contributed by atoms with van der Waals surface area (Å²) in [4.78, 5) is 37.1. The second-order valence-electron chi connectivity index (χ2n) is 7.42. The molecular formula is C22H23N5O2. The maximum absolute atomic E-state index is 12.4. The number of benzene rings is 2. The Balaban J connectivity index is 1.88. The van der Waals surface area contributed by atoms with Crippen molar-refractivity contribution in [3.63, 3.8) is 0 Å². The minimum atomic E-state index is -0.652. The highest BCUT2D eigenvalue weighted by molar-refractivity contribution is 5.84. The molecule has 0 radical (unpaired) electrons. The number of hydrogen-bond donors (Lipinski definition) is 1. The van der Waals surface area contributed by atoms with E-state index in [0.717, 1.165) is 29.6 Å². The first-order valence-corrected chi connectivity index (χ1v) is 9.60. The summed E-state index contributed by atoms with van der Waals surface area (Å²) >= 11 is 0. The maximum Gasteiger partial charge on any atom is 0.349 e. The van der Waals surface area contributed by atoms with Gasteiger partial charge in [-0.25, -0.2) is 9.78 Å². The number of rotatable bonds is 5. The van der Waals surface area contributed by atoms with Crippen molar-refractivity contribution in [1.82, 2.24) is 19.5 Å². The van der Waals surface area contributed by atoms with Crippen molar-refractivity contribution < 1.29 is 0 Å². The topological polar surface area (TPSA) is 83.9 Å². The summed E-state index contributed by atoms with van der Waals surface area (Å²) in [5.41, 5.74) is 3.97. The van der Waals surface area contributed by atoms with Crippen LogP contribution in [-0.4, -0.2) is 33.6 Å². The lowest BCUT2D eigenvalue weighted by atomic mass is 10.1. The van der Waals surface area contributed by atoms with Crippen LogP contribution in [0.4, 0.5) is 5.69 Å². The van der Waals surface area contributed by atoms with Gasteiger partial charge in [0.1, 0.15) is 0 Å². The molecule has 0 saturated heterocycles. The summed E-state index contributed by atoms with van der Waals surface area (Å²) in [6, 6.07) is 14.3. The van der Waals surface area contributed by atoms with Gasteiger partial charge in [0.05, 0.1) is 11.0 Å². The fourth-order valence-corrected chi connectivity index (χ4v) is 3.73.